The van der Waals surface area contributed by atoms with Crippen molar-refractivity contribution in [1.82, 2.24) is 4.90 Å². The molecule has 94 valence electrons. The normalized spacial score (nSPS) is 30.8. The summed E-state index contributed by atoms with van der Waals surface area (Å²) in [5, 5.41) is 0. The van der Waals surface area contributed by atoms with E-state index in [1.807, 2.05) is 0 Å². The van der Waals surface area contributed by atoms with Crippen molar-refractivity contribution in [2.75, 3.05) is 19.6 Å². The third-order valence-corrected chi connectivity index (χ3v) is 4.80. The second-order valence-corrected chi connectivity index (χ2v) is 5.76. The fourth-order valence-electron chi connectivity index (χ4n) is 3.66. The quantitative estimate of drug-likeness (QED) is 0.795. The Morgan fingerprint density at radius 3 is 2.50 bits per heavy atom. The Hall–Kier alpha value is -0.0800. The second kappa shape index (κ2) is 6.02. The first kappa shape index (κ1) is 12.4. The van der Waals surface area contributed by atoms with Crippen LogP contribution < -0.4 is 5.73 Å². The molecule has 2 atom stereocenters. The molecule has 1 aliphatic heterocycles. The fraction of sp³-hybridized carbons (Fsp3) is 1.00. The van der Waals surface area contributed by atoms with Crippen molar-refractivity contribution in [3.63, 3.8) is 0 Å². The second-order valence-electron chi connectivity index (χ2n) is 5.76. The Balaban J connectivity index is 1.88. The van der Waals surface area contributed by atoms with Crippen LogP contribution in [0.25, 0.3) is 0 Å². The number of nitrogens with two attached hydrogens (primary N) is 1. The summed E-state index contributed by atoms with van der Waals surface area (Å²) >= 11 is 0. The van der Waals surface area contributed by atoms with E-state index >= 15 is 0 Å². The molecule has 1 heterocycles. The lowest BCUT2D eigenvalue weighted by molar-refractivity contribution is 0.143. The van der Waals surface area contributed by atoms with Crippen LogP contribution in [-0.2, 0) is 0 Å². The van der Waals surface area contributed by atoms with E-state index in [9.17, 15) is 0 Å². The SMILES string of the molecule is CCC1CCN(C(CN)C2CCCCC2)C1. The van der Waals surface area contributed by atoms with Gasteiger partial charge in [0.05, 0.1) is 0 Å². The molecule has 0 bridgehead atoms. The number of hydrogen-bond acceptors (Lipinski definition) is 2. The molecule has 0 aromatic carbocycles. The number of likely N-dealkylation sites (tertiary alicyclic amines) is 1. The topological polar surface area (TPSA) is 29.3 Å². The van der Waals surface area contributed by atoms with E-state index in [4.69, 9.17) is 5.73 Å². The molecule has 0 spiro atoms. The summed E-state index contributed by atoms with van der Waals surface area (Å²) in [4.78, 5) is 2.70. The van der Waals surface area contributed by atoms with E-state index in [1.54, 1.807) is 0 Å². The zero-order valence-electron chi connectivity index (χ0n) is 10.8. The summed E-state index contributed by atoms with van der Waals surface area (Å²) < 4.78 is 0. The van der Waals surface area contributed by atoms with Gasteiger partial charge in [0.1, 0.15) is 0 Å². The number of rotatable bonds is 4. The Bertz CT molecular complexity index is 199. The molecule has 2 nitrogen and oxygen atoms in total. The number of nitrogens with zero attached hydrogens (tertiary/aromatic N) is 1. The monoisotopic (exact) mass is 224 g/mol. The minimum atomic E-state index is 0.692. The van der Waals surface area contributed by atoms with Gasteiger partial charge in [-0.2, -0.15) is 0 Å². The van der Waals surface area contributed by atoms with Gasteiger partial charge in [-0.15, -0.1) is 0 Å². The zero-order chi connectivity index (χ0) is 11.4. The maximum Gasteiger partial charge on any atom is 0.0246 e. The molecule has 0 aromatic rings. The molecule has 2 rings (SSSR count). The van der Waals surface area contributed by atoms with Crippen LogP contribution in [0, 0.1) is 11.8 Å². The summed E-state index contributed by atoms with van der Waals surface area (Å²) in [5.41, 5.74) is 6.03. The highest BCUT2D eigenvalue weighted by Crippen LogP contribution is 2.31. The lowest BCUT2D eigenvalue weighted by atomic mass is 9.83. The van der Waals surface area contributed by atoms with E-state index in [0.717, 1.165) is 18.4 Å². The van der Waals surface area contributed by atoms with E-state index < -0.39 is 0 Å². The third-order valence-electron chi connectivity index (χ3n) is 4.80. The minimum absolute atomic E-state index is 0.692. The zero-order valence-corrected chi connectivity index (χ0v) is 10.8. The van der Waals surface area contributed by atoms with Crippen LogP contribution >= 0.6 is 0 Å². The van der Waals surface area contributed by atoms with Crippen LogP contribution in [0.3, 0.4) is 0 Å². The molecule has 0 aromatic heterocycles. The predicted octanol–water partition coefficient (Wildman–Crippen LogP) is 2.63. The third kappa shape index (κ3) is 2.78. The van der Waals surface area contributed by atoms with Gasteiger partial charge in [0, 0.05) is 19.1 Å². The highest BCUT2D eigenvalue weighted by molar-refractivity contribution is 4.87. The van der Waals surface area contributed by atoms with Crippen molar-refractivity contribution < 1.29 is 0 Å². The molecule has 1 aliphatic carbocycles. The smallest absolute Gasteiger partial charge is 0.0246 e. The summed E-state index contributed by atoms with van der Waals surface area (Å²) in [6, 6.07) is 0.692. The molecule has 1 saturated carbocycles. The van der Waals surface area contributed by atoms with Gasteiger partial charge < -0.3 is 5.73 Å². The summed E-state index contributed by atoms with van der Waals surface area (Å²) in [7, 11) is 0. The largest absolute Gasteiger partial charge is 0.329 e. The molecule has 0 amide bonds. The Kier molecular flexibility index (Phi) is 4.66. The van der Waals surface area contributed by atoms with E-state index in [1.165, 1.54) is 58.0 Å². The first-order valence-electron chi connectivity index (χ1n) is 7.29. The van der Waals surface area contributed by atoms with E-state index in [-0.39, 0.29) is 0 Å². The van der Waals surface area contributed by atoms with Crippen LogP contribution in [-0.4, -0.2) is 30.6 Å². The van der Waals surface area contributed by atoms with E-state index in [2.05, 4.69) is 11.8 Å². The highest BCUT2D eigenvalue weighted by atomic mass is 15.2. The summed E-state index contributed by atoms with van der Waals surface area (Å²) in [5.74, 6) is 1.84. The van der Waals surface area contributed by atoms with Crippen molar-refractivity contribution in [1.29, 1.82) is 0 Å². The summed E-state index contributed by atoms with van der Waals surface area (Å²) in [6.45, 7) is 5.82. The molecule has 2 aliphatic rings. The Morgan fingerprint density at radius 2 is 1.94 bits per heavy atom. The van der Waals surface area contributed by atoms with Crippen molar-refractivity contribution in [3.8, 4) is 0 Å². The van der Waals surface area contributed by atoms with Gasteiger partial charge in [0.2, 0.25) is 0 Å². The molecule has 2 heteroatoms. The lowest BCUT2D eigenvalue weighted by Gasteiger charge is -2.36. The average Bonchev–Trinajstić information content (AvgIpc) is 2.80. The van der Waals surface area contributed by atoms with Gasteiger partial charge in [-0.1, -0.05) is 32.6 Å². The number of hydrogen-bond donors (Lipinski definition) is 1. The maximum absolute atomic E-state index is 6.03. The van der Waals surface area contributed by atoms with Gasteiger partial charge in [0.15, 0.2) is 0 Å². The molecular formula is C14H28N2. The van der Waals surface area contributed by atoms with Crippen LogP contribution in [0.2, 0.25) is 0 Å². The first-order chi connectivity index (χ1) is 7.85. The van der Waals surface area contributed by atoms with Crippen molar-refractivity contribution in [2.24, 2.45) is 17.6 Å². The van der Waals surface area contributed by atoms with Gasteiger partial charge in [-0.25, -0.2) is 0 Å². The van der Waals surface area contributed by atoms with Crippen LogP contribution in [0.5, 0.6) is 0 Å². The predicted molar refractivity (Wildman–Crippen MR) is 69.4 cm³/mol. The maximum atomic E-state index is 6.03. The average molecular weight is 224 g/mol. The van der Waals surface area contributed by atoms with Gasteiger partial charge in [-0.05, 0) is 37.6 Å². The summed E-state index contributed by atoms with van der Waals surface area (Å²) in [6.07, 6.45) is 9.92. The van der Waals surface area contributed by atoms with Crippen molar-refractivity contribution in [3.05, 3.63) is 0 Å². The molecule has 16 heavy (non-hydrogen) atoms. The van der Waals surface area contributed by atoms with Crippen molar-refractivity contribution >= 4 is 0 Å². The van der Waals surface area contributed by atoms with Crippen LogP contribution in [0.15, 0.2) is 0 Å². The van der Waals surface area contributed by atoms with Gasteiger partial charge in [-0.3, -0.25) is 4.90 Å². The van der Waals surface area contributed by atoms with Gasteiger partial charge in [0.25, 0.3) is 0 Å². The molecule has 1 saturated heterocycles. The Morgan fingerprint density at radius 1 is 1.19 bits per heavy atom. The molecule has 2 fully saturated rings. The molecule has 2 N–H and O–H groups in total. The minimum Gasteiger partial charge on any atom is -0.329 e. The van der Waals surface area contributed by atoms with E-state index in [0.29, 0.717) is 6.04 Å². The Labute approximate surface area is 101 Å². The van der Waals surface area contributed by atoms with Gasteiger partial charge >= 0.3 is 0 Å². The standard InChI is InChI=1S/C14H28N2/c1-2-12-8-9-16(11-12)14(10-15)13-6-4-3-5-7-13/h12-14H,2-11,15H2,1H3. The first-order valence-corrected chi connectivity index (χ1v) is 7.29. The van der Waals surface area contributed by atoms with Crippen molar-refractivity contribution in [2.45, 2.75) is 57.9 Å². The van der Waals surface area contributed by atoms with Crippen LogP contribution in [0.1, 0.15) is 51.9 Å². The molecule has 0 radical (unpaired) electrons. The highest BCUT2D eigenvalue weighted by Gasteiger charge is 2.31. The lowest BCUT2D eigenvalue weighted by Crippen LogP contribution is -2.45. The molecular weight excluding hydrogens is 196 g/mol. The van der Waals surface area contributed by atoms with Crippen LogP contribution in [0.4, 0.5) is 0 Å². The molecule has 2 unspecified atom stereocenters. The fourth-order valence-corrected chi connectivity index (χ4v) is 3.66.